The first-order valence-corrected chi connectivity index (χ1v) is 7.01. The molecule has 0 radical (unpaired) electrons. The van der Waals surface area contributed by atoms with Crippen molar-refractivity contribution in [2.24, 2.45) is 0 Å². The van der Waals surface area contributed by atoms with E-state index in [2.05, 4.69) is 34.6 Å². The van der Waals surface area contributed by atoms with Crippen molar-refractivity contribution in [3.63, 3.8) is 0 Å². The number of hydrogen-bond donors (Lipinski definition) is 1. The maximum Gasteiger partial charge on any atom is 0.0882 e. The maximum absolute atomic E-state index is 10.2. The lowest BCUT2D eigenvalue weighted by atomic mass is 9.89. The molecule has 2 heteroatoms. The highest BCUT2D eigenvalue weighted by Crippen LogP contribution is 2.32. The van der Waals surface area contributed by atoms with Crippen molar-refractivity contribution >= 4 is 0 Å². The summed E-state index contributed by atoms with van der Waals surface area (Å²) in [6.07, 6.45) is 0.703. The number of aliphatic hydroxyl groups is 1. The zero-order valence-corrected chi connectivity index (χ0v) is 13.4. The van der Waals surface area contributed by atoms with Gasteiger partial charge in [-0.3, -0.25) is 0 Å². The summed E-state index contributed by atoms with van der Waals surface area (Å²) >= 11 is 0. The molecule has 0 aliphatic carbocycles. The zero-order valence-electron chi connectivity index (χ0n) is 13.4. The topological polar surface area (TPSA) is 29.5 Å². The molecule has 0 fully saturated rings. The molecular weight excluding hydrogens is 236 g/mol. The fourth-order valence-electron chi connectivity index (χ4n) is 2.26. The Morgan fingerprint density at radius 2 is 1.32 bits per heavy atom. The minimum absolute atomic E-state index is 0.183. The summed E-state index contributed by atoms with van der Waals surface area (Å²) in [5, 5.41) is 10.2. The van der Waals surface area contributed by atoms with Gasteiger partial charge in [-0.15, -0.1) is 0 Å². The number of ether oxygens (including phenoxy) is 1. The van der Waals surface area contributed by atoms with Crippen molar-refractivity contribution in [2.45, 2.75) is 71.7 Å². The van der Waals surface area contributed by atoms with E-state index < -0.39 is 5.60 Å². The normalized spacial score (nSPS) is 16.2. The predicted molar refractivity (Wildman–Crippen MR) is 80.2 cm³/mol. The van der Waals surface area contributed by atoms with Crippen LogP contribution in [0.2, 0.25) is 0 Å². The van der Waals surface area contributed by atoms with E-state index in [0.29, 0.717) is 6.42 Å². The molecule has 2 nitrogen and oxygen atoms in total. The molecule has 0 aliphatic rings. The van der Waals surface area contributed by atoms with E-state index in [9.17, 15) is 5.11 Å². The van der Waals surface area contributed by atoms with Gasteiger partial charge in [0, 0.05) is 0 Å². The highest BCUT2D eigenvalue weighted by atomic mass is 16.5. The molecule has 0 spiro atoms. The van der Waals surface area contributed by atoms with E-state index in [4.69, 9.17) is 4.74 Å². The van der Waals surface area contributed by atoms with Crippen LogP contribution in [0.25, 0.3) is 0 Å². The molecule has 1 atom stereocenters. The van der Waals surface area contributed by atoms with Gasteiger partial charge in [0.25, 0.3) is 0 Å². The summed E-state index contributed by atoms with van der Waals surface area (Å²) in [5.41, 5.74) is 0.794. The quantitative estimate of drug-likeness (QED) is 0.876. The summed E-state index contributed by atoms with van der Waals surface area (Å²) in [4.78, 5) is 0. The highest BCUT2D eigenvalue weighted by molar-refractivity contribution is 5.29. The van der Waals surface area contributed by atoms with Gasteiger partial charge in [0.1, 0.15) is 0 Å². The van der Waals surface area contributed by atoms with Crippen LogP contribution in [-0.4, -0.2) is 10.7 Å². The zero-order chi connectivity index (χ0) is 14.9. The van der Waals surface area contributed by atoms with E-state index in [1.807, 2.05) is 38.1 Å². The van der Waals surface area contributed by atoms with E-state index in [1.54, 1.807) is 0 Å². The third-order valence-corrected chi connectivity index (χ3v) is 3.45. The van der Waals surface area contributed by atoms with Gasteiger partial charge in [-0.1, -0.05) is 31.2 Å². The van der Waals surface area contributed by atoms with Crippen molar-refractivity contribution in [3.8, 4) is 0 Å². The predicted octanol–water partition coefficient (Wildman–Crippen LogP) is 4.35. The van der Waals surface area contributed by atoms with Crippen LogP contribution in [0.3, 0.4) is 0 Å². The van der Waals surface area contributed by atoms with Crippen molar-refractivity contribution < 1.29 is 9.84 Å². The Hall–Kier alpha value is -0.860. The fourth-order valence-corrected chi connectivity index (χ4v) is 2.26. The van der Waals surface area contributed by atoms with E-state index in [1.165, 1.54) is 0 Å². The molecule has 0 aromatic heterocycles. The molecule has 0 saturated heterocycles. The average molecular weight is 264 g/mol. The van der Waals surface area contributed by atoms with E-state index in [-0.39, 0.29) is 11.2 Å². The van der Waals surface area contributed by atoms with Crippen molar-refractivity contribution in [1.29, 1.82) is 0 Å². The summed E-state index contributed by atoms with van der Waals surface area (Å²) in [6, 6.07) is 8.08. The lowest BCUT2D eigenvalue weighted by Gasteiger charge is -2.34. The molecule has 1 N–H and O–H groups in total. The van der Waals surface area contributed by atoms with Crippen LogP contribution in [0, 0.1) is 0 Å². The van der Waals surface area contributed by atoms with Crippen molar-refractivity contribution in [2.75, 3.05) is 0 Å². The molecule has 19 heavy (non-hydrogen) atoms. The van der Waals surface area contributed by atoms with Crippen LogP contribution in [0.1, 0.15) is 66.0 Å². The van der Waals surface area contributed by atoms with Crippen LogP contribution in [0.4, 0.5) is 0 Å². The van der Waals surface area contributed by atoms with Gasteiger partial charge in [-0.05, 0) is 59.1 Å². The number of rotatable bonds is 4. The molecule has 1 unspecified atom stereocenters. The highest BCUT2D eigenvalue weighted by Gasteiger charge is 2.28. The molecule has 108 valence electrons. The van der Waals surface area contributed by atoms with Gasteiger partial charge in [-0.2, -0.15) is 0 Å². The molecule has 1 aromatic rings. The molecule has 0 heterocycles. The summed E-state index contributed by atoms with van der Waals surface area (Å²) in [5.74, 6) is 0. The van der Waals surface area contributed by atoms with Gasteiger partial charge in [-0.25, -0.2) is 0 Å². The second kappa shape index (κ2) is 5.26. The molecule has 0 bridgehead atoms. The van der Waals surface area contributed by atoms with Crippen LogP contribution in [0.15, 0.2) is 24.3 Å². The van der Waals surface area contributed by atoms with E-state index >= 15 is 0 Å². The van der Waals surface area contributed by atoms with Crippen LogP contribution >= 0.6 is 0 Å². The van der Waals surface area contributed by atoms with Gasteiger partial charge in [0.15, 0.2) is 0 Å². The maximum atomic E-state index is 10.2. The average Bonchev–Trinajstić information content (AvgIpc) is 2.26. The molecule has 1 rings (SSSR count). The Kier molecular flexibility index (Phi) is 4.48. The Morgan fingerprint density at radius 3 is 1.68 bits per heavy atom. The summed E-state index contributed by atoms with van der Waals surface area (Å²) in [7, 11) is 0. The first kappa shape index (κ1) is 16.2. The number of benzene rings is 1. The fraction of sp³-hybridized carbons (Fsp3) is 0.647. The van der Waals surface area contributed by atoms with Crippen molar-refractivity contribution in [3.05, 3.63) is 35.4 Å². The molecule has 0 aliphatic heterocycles. The van der Waals surface area contributed by atoms with E-state index in [0.717, 1.165) is 11.1 Å². The monoisotopic (exact) mass is 264 g/mol. The van der Waals surface area contributed by atoms with Gasteiger partial charge in [0.2, 0.25) is 0 Å². The first-order valence-electron chi connectivity index (χ1n) is 7.01. The van der Waals surface area contributed by atoms with Gasteiger partial charge < -0.3 is 9.84 Å². The largest absolute Gasteiger partial charge is 0.385 e. The lowest BCUT2D eigenvalue weighted by Crippen LogP contribution is -2.32. The molecule has 0 amide bonds. The third kappa shape index (κ3) is 4.32. The Morgan fingerprint density at radius 1 is 0.895 bits per heavy atom. The summed E-state index contributed by atoms with van der Waals surface area (Å²) < 4.78 is 6.10. The third-order valence-electron chi connectivity index (χ3n) is 3.45. The Balaban J connectivity index is 2.99. The second-order valence-electron chi connectivity index (χ2n) is 6.93. The van der Waals surface area contributed by atoms with Crippen LogP contribution in [0.5, 0.6) is 0 Å². The van der Waals surface area contributed by atoms with Crippen LogP contribution in [-0.2, 0) is 15.9 Å². The molecular formula is C17H28O2. The second-order valence-corrected chi connectivity index (χ2v) is 6.93. The standard InChI is InChI=1S/C17H28O2/c1-8-17(7,18)14-11-9-13(10-12-14)16(5,6)19-15(2,3)4/h9-12,18H,8H2,1-7H3. The van der Waals surface area contributed by atoms with Crippen LogP contribution < -0.4 is 0 Å². The smallest absolute Gasteiger partial charge is 0.0882 e. The Bertz CT molecular complexity index is 408. The Labute approximate surface area is 117 Å². The SMILES string of the molecule is CCC(C)(O)c1ccc(C(C)(C)OC(C)(C)C)cc1. The van der Waals surface area contributed by atoms with Gasteiger partial charge in [0.05, 0.1) is 16.8 Å². The summed E-state index contributed by atoms with van der Waals surface area (Å²) in [6.45, 7) is 14.2. The van der Waals surface area contributed by atoms with Crippen molar-refractivity contribution in [1.82, 2.24) is 0 Å². The molecule has 0 saturated carbocycles. The first-order chi connectivity index (χ1) is 8.48. The minimum Gasteiger partial charge on any atom is -0.385 e. The molecule has 1 aromatic carbocycles. The number of hydrogen-bond acceptors (Lipinski definition) is 2. The van der Waals surface area contributed by atoms with Gasteiger partial charge >= 0.3 is 0 Å². The minimum atomic E-state index is -0.756. The lowest BCUT2D eigenvalue weighted by molar-refractivity contribution is -0.117.